The van der Waals surface area contributed by atoms with E-state index in [1.807, 2.05) is 0 Å². The summed E-state index contributed by atoms with van der Waals surface area (Å²) in [5.74, 6) is 0.185. The molecule has 0 radical (unpaired) electrons. The van der Waals surface area contributed by atoms with Gasteiger partial charge in [0.05, 0.1) is 0 Å². The number of rotatable bonds is 9. The van der Waals surface area contributed by atoms with Crippen LogP contribution >= 0.6 is 0 Å². The lowest BCUT2D eigenvalue weighted by atomic mass is 10.1. The summed E-state index contributed by atoms with van der Waals surface area (Å²) in [4.78, 5) is 11.0. The molecule has 0 atom stereocenters. The van der Waals surface area contributed by atoms with Crippen LogP contribution in [-0.4, -0.2) is 31.2 Å². The molecule has 13 heavy (non-hydrogen) atoms. The molecule has 0 aromatic rings. The molecule has 0 aromatic heterocycles. The molecular formula is C10H20O3. The van der Waals surface area contributed by atoms with Gasteiger partial charge in [-0.25, -0.2) is 0 Å². The van der Waals surface area contributed by atoms with Crippen molar-refractivity contribution in [2.45, 2.75) is 38.5 Å². The van der Waals surface area contributed by atoms with Crippen molar-refractivity contribution in [3.8, 4) is 0 Å². The van der Waals surface area contributed by atoms with Crippen molar-refractivity contribution < 1.29 is 14.6 Å². The standard InChI is InChI=1S/C10H20O3/c1-13-9-10(12)7-5-3-2-4-6-8-11/h11H,2-9H2,1H3. The third-order valence-corrected chi connectivity index (χ3v) is 1.92. The fourth-order valence-electron chi connectivity index (χ4n) is 1.20. The Morgan fingerprint density at radius 2 is 1.77 bits per heavy atom. The van der Waals surface area contributed by atoms with Crippen molar-refractivity contribution in [1.29, 1.82) is 0 Å². The number of carbonyl (C=O) groups excluding carboxylic acids is 1. The van der Waals surface area contributed by atoms with E-state index in [1.54, 1.807) is 7.11 Å². The minimum absolute atomic E-state index is 0.185. The topological polar surface area (TPSA) is 46.5 Å². The number of aliphatic hydroxyl groups is 1. The first-order valence-electron chi connectivity index (χ1n) is 4.92. The molecule has 0 aliphatic heterocycles. The normalized spacial score (nSPS) is 10.3. The van der Waals surface area contributed by atoms with Crippen molar-refractivity contribution >= 4 is 5.78 Å². The summed E-state index contributed by atoms with van der Waals surface area (Å²) >= 11 is 0. The van der Waals surface area contributed by atoms with Crippen molar-refractivity contribution in [2.24, 2.45) is 0 Å². The fourth-order valence-corrected chi connectivity index (χ4v) is 1.20. The summed E-state index contributed by atoms with van der Waals surface area (Å²) in [6.45, 7) is 0.527. The molecule has 3 nitrogen and oxygen atoms in total. The molecule has 0 bridgehead atoms. The van der Waals surface area contributed by atoms with Gasteiger partial charge >= 0.3 is 0 Å². The van der Waals surface area contributed by atoms with Crippen molar-refractivity contribution in [2.75, 3.05) is 20.3 Å². The predicted octanol–water partition coefficient (Wildman–Crippen LogP) is 1.53. The molecule has 1 N–H and O–H groups in total. The number of Topliss-reactive ketones (excluding diaryl/α,β-unsaturated/α-hetero) is 1. The highest BCUT2D eigenvalue weighted by Gasteiger charge is 1.99. The Hall–Kier alpha value is -0.410. The van der Waals surface area contributed by atoms with Crippen LogP contribution in [0.4, 0.5) is 0 Å². The Balaban J connectivity index is 3.02. The molecule has 3 heteroatoms. The van der Waals surface area contributed by atoms with Gasteiger partial charge in [-0.2, -0.15) is 0 Å². The van der Waals surface area contributed by atoms with Crippen molar-refractivity contribution in [3.63, 3.8) is 0 Å². The summed E-state index contributed by atoms with van der Waals surface area (Å²) in [5.41, 5.74) is 0. The average molecular weight is 188 g/mol. The number of hydrogen-bond donors (Lipinski definition) is 1. The SMILES string of the molecule is COCC(=O)CCCCCCCO. The van der Waals surface area contributed by atoms with Gasteiger partial charge in [0.1, 0.15) is 6.61 Å². The zero-order valence-corrected chi connectivity index (χ0v) is 8.42. The van der Waals surface area contributed by atoms with Gasteiger partial charge in [0.15, 0.2) is 5.78 Å². The molecule has 0 heterocycles. The lowest BCUT2D eigenvalue weighted by molar-refractivity contribution is -0.122. The zero-order valence-electron chi connectivity index (χ0n) is 8.42. The minimum Gasteiger partial charge on any atom is -0.396 e. The van der Waals surface area contributed by atoms with E-state index in [2.05, 4.69) is 0 Å². The quantitative estimate of drug-likeness (QED) is 0.558. The number of ketones is 1. The number of unbranched alkanes of at least 4 members (excludes halogenated alkanes) is 4. The lowest BCUT2D eigenvalue weighted by Crippen LogP contribution is -2.05. The Morgan fingerprint density at radius 1 is 1.15 bits per heavy atom. The number of methoxy groups -OCH3 is 1. The molecule has 0 spiro atoms. The minimum atomic E-state index is 0.185. The van der Waals surface area contributed by atoms with E-state index in [1.165, 1.54) is 0 Å². The Bertz CT molecular complexity index is 123. The molecule has 0 unspecified atom stereocenters. The molecule has 0 rings (SSSR count). The maximum atomic E-state index is 11.0. The Morgan fingerprint density at radius 3 is 2.38 bits per heavy atom. The van der Waals surface area contributed by atoms with Crippen molar-refractivity contribution in [1.82, 2.24) is 0 Å². The van der Waals surface area contributed by atoms with E-state index in [4.69, 9.17) is 9.84 Å². The van der Waals surface area contributed by atoms with Gasteiger partial charge in [-0.05, 0) is 12.8 Å². The fraction of sp³-hybridized carbons (Fsp3) is 0.900. The highest BCUT2D eigenvalue weighted by Crippen LogP contribution is 2.05. The van der Waals surface area contributed by atoms with Crippen LogP contribution in [0.5, 0.6) is 0 Å². The van der Waals surface area contributed by atoms with Gasteiger partial charge in [0.2, 0.25) is 0 Å². The van der Waals surface area contributed by atoms with Gasteiger partial charge in [-0.1, -0.05) is 19.3 Å². The largest absolute Gasteiger partial charge is 0.396 e. The maximum absolute atomic E-state index is 11.0. The molecule has 0 aliphatic rings. The van der Waals surface area contributed by atoms with Gasteiger partial charge in [0.25, 0.3) is 0 Å². The van der Waals surface area contributed by atoms with Gasteiger partial charge < -0.3 is 9.84 Å². The number of hydrogen-bond acceptors (Lipinski definition) is 3. The first kappa shape index (κ1) is 12.6. The second-order valence-electron chi connectivity index (χ2n) is 3.21. The number of ether oxygens (including phenoxy) is 1. The van der Waals surface area contributed by atoms with Crippen molar-refractivity contribution in [3.05, 3.63) is 0 Å². The molecule has 0 fully saturated rings. The average Bonchev–Trinajstić information content (AvgIpc) is 2.11. The highest BCUT2D eigenvalue weighted by molar-refractivity contribution is 5.79. The molecule has 0 saturated carbocycles. The van der Waals surface area contributed by atoms with Crippen LogP contribution in [0.2, 0.25) is 0 Å². The summed E-state index contributed by atoms with van der Waals surface area (Å²) in [5, 5.41) is 8.51. The number of aliphatic hydroxyl groups excluding tert-OH is 1. The third-order valence-electron chi connectivity index (χ3n) is 1.92. The first-order valence-corrected chi connectivity index (χ1v) is 4.92. The Labute approximate surface area is 80.1 Å². The molecule has 78 valence electrons. The monoisotopic (exact) mass is 188 g/mol. The summed E-state index contributed by atoms with van der Waals surface area (Å²) in [6.07, 6.45) is 5.72. The lowest BCUT2D eigenvalue weighted by Gasteiger charge is -2.00. The third kappa shape index (κ3) is 9.50. The van der Waals surface area contributed by atoms with Crippen LogP contribution in [0.3, 0.4) is 0 Å². The second kappa shape index (κ2) is 9.68. The van der Waals surface area contributed by atoms with Gasteiger partial charge in [-0.15, -0.1) is 0 Å². The maximum Gasteiger partial charge on any atom is 0.158 e. The van der Waals surface area contributed by atoms with Crippen LogP contribution < -0.4 is 0 Å². The highest BCUT2D eigenvalue weighted by atomic mass is 16.5. The number of carbonyl (C=O) groups is 1. The molecule has 0 aromatic carbocycles. The molecule has 0 aliphatic carbocycles. The van der Waals surface area contributed by atoms with Crippen LogP contribution in [0.25, 0.3) is 0 Å². The van der Waals surface area contributed by atoms with E-state index in [0.717, 1.165) is 32.1 Å². The summed E-state index contributed by atoms with van der Waals surface area (Å²) < 4.78 is 4.72. The first-order chi connectivity index (χ1) is 6.31. The van der Waals surface area contributed by atoms with Gasteiger partial charge in [-0.3, -0.25) is 4.79 Å². The van der Waals surface area contributed by atoms with E-state index < -0.39 is 0 Å². The zero-order chi connectivity index (χ0) is 9.94. The van der Waals surface area contributed by atoms with E-state index in [-0.39, 0.29) is 19.0 Å². The van der Waals surface area contributed by atoms with Crippen LogP contribution in [0, 0.1) is 0 Å². The van der Waals surface area contributed by atoms with Gasteiger partial charge in [0, 0.05) is 20.1 Å². The smallest absolute Gasteiger partial charge is 0.158 e. The molecular weight excluding hydrogens is 168 g/mol. The summed E-state index contributed by atoms with van der Waals surface area (Å²) in [6, 6.07) is 0. The molecule has 0 amide bonds. The van der Waals surface area contributed by atoms with E-state index in [9.17, 15) is 4.79 Å². The summed E-state index contributed by atoms with van der Waals surface area (Å²) in [7, 11) is 1.54. The predicted molar refractivity (Wildman–Crippen MR) is 51.7 cm³/mol. The van der Waals surface area contributed by atoms with E-state index in [0.29, 0.717) is 6.42 Å². The molecule has 0 saturated heterocycles. The second-order valence-corrected chi connectivity index (χ2v) is 3.21. The van der Waals surface area contributed by atoms with E-state index >= 15 is 0 Å². The van der Waals surface area contributed by atoms with Crippen LogP contribution in [0.1, 0.15) is 38.5 Å². The van der Waals surface area contributed by atoms with Crippen LogP contribution in [0.15, 0.2) is 0 Å². The van der Waals surface area contributed by atoms with Crippen LogP contribution in [-0.2, 0) is 9.53 Å². The Kier molecular flexibility index (Phi) is 9.37.